The van der Waals surface area contributed by atoms with Crippen LogP contribution in [0.3, 0.4) is 0 Å². The molecule has 0 aliphatic carbocycles. The van der Waals surface area contributed by atoms with E-state index >= 15 is 0 Å². The van der Waals surface area contributed by atoms with Crippen molar-refractivity contribution in [2.24, 2.45) is 0 Å². The quantitative estimate of drug-likeness (QED) is 0.821. The standard InChI is InChI=1S/C15H19N5O/c1-19(2)15(21)12-9-18-20-13(7-8-17-14(12)20)10-3-5-11(16)6-4-10/h3-6,9,13,17H,7-8,16H2,1-2H3. The Morgan fingerprint density at radius 3 is 2.76 bits per heavy atom. The van der Waals surface area contributed by atoms with E-state index < -0.39 is 0 Å². The average molecular weight is 285 g/mol. The molecular formula is C15H19N5O. The van der Waals surface area contributed by atoms with E-state index in [9.17, 15) is 4.79 Å². The van der Waals surface area contributed by atoms with Crippen LogP contribution in [0.5, 0.6) is 0 Å². The minimum Gasteiger partial charge on any atom is -0.399 e. The molecule has 2 aromatic rings. The van der Waals surface area contributed by atoms with Crippen molar-refractivity contribution in [1.82, 2.24) is 14.7 Å². The maximum absolute atomic E-state index is 12.2. The van der Waals surface area contributed by atoms with Gasteiger partial charge in [0.2, 0.25) is 0 Å². The van der Waals surface area contributed by atoms with Crippen molar-refractivity contribution in [3.8, 4) is 0 Å². The van der Waals surface area contributed by atoms with Crippen LogP contribution in [0, 0.1) is 0 Å². The van der Waals surface area contributed by atoms with E-state index in [1.54, 1.807) is 25.2 Å². The number of hydrogen-bond donors (Lipinski definition) is 2. The first-order chi connectivity index (χ1) is 10.1. The van der Waals surface area contributed by atoms with Crippen molar-refractivity contribution < 1.29 is 4.79 Å². The first kappa shape index (κ1) is 13.5. The molecule has 6 nitrogen and oxygen atoms in total. The van der Waals surface area contributed by atoms with E-state index in [1.165, 1.54) is 0 Å². The van der Waals surface area contributed by atoms with E-state index in [2.05, 4.69) is 10.4 Å². The summed E-state index contributed by atoms with van der Waals surface area (Å²) in [6.07, 6.45) is 2.56. The minimum absolute atomic E-state index is 0.0401. The maximum Gasteiger partial charge on any atom is 0.258 e. The van der Waals surface area contributed by atoms with E-state index in [4.69, 9.17) is 5.73 Å². The second-order valence-electron chi connectivity index (χ2n) is 5.45. The minimum atomic E-state index is -0.0401. The molecule has 1 aromatic carbocycles. The second-order valence-corrected chi connectivity index (χ2v) is 5.45. The fourth-order valence-corrected chi connectivity index (χ4v) is 2.65. The number of anilines is 2. The summed E-state index contributed by atoms with van der Waals surface area (Å²) < 4.78 is 1.89. The fraction of sp³-hybridized carbons (Fsp3) is 0.333. The lowest BCUT2D eigenvalue weighted by Crippen LogP contribution is -2.27. The van der Waals surface area contributed by atoms with Crippen molar-refractivity contribution >= 4 is 17.4 Å². The van der Waals surface area contributed by atoms with Crippen LogP contribution in [0.25, 0.3) is 0 Å². The first-order valence-electron chi connectivity index (χ1n) is 6.96. The number of nitrogens with two attached hydrogens (primary N) is 1. The zero-order chi connectivity index (χ0) is 15.0. The van der Waals surface area contributed by atoms with E-state index in [0.717, 1.165) is 30.0 Å². The van der Waals surface area contributed by atoms with Crippen molar-refractivity contribution in [3.05, 3.63) is 41.6 Å². The SMILES string of the molecule is CN(C)C(=O)c1cnn2c1NCCC2c1ccc(N)cc1. The average Bonchev–Trinajstić information content (AvgIpc) is 2.91. The molecule has 110 valence electrons. The molecule has 0 radical (unpaired) electrons. The van der Waals surface area contributed by atoms with Crippen molar-refractivity contribution in [1.29, 1.82) is 0 Å². The molecule has 6 heteroatoms. The van der Waals surface area contributed by atoms with Gasteiger partial charge in [0.05, 0.1) is 12.2 Å². The Hall–Kier alpha value is -2.50. The Bertz CT molecular complexity index is 659. The number of nitrogen functional groups attached to an aromatic ring is 1. The zero-order valence-corrected chi connectivity index (χ0v) is 12.2. The molecule has 1 aliphatic rings. The van der Waals surface area contributed by atoms with Crippen LogP contribution in [0.15, 0.2) is 30.5 Å². The van der Waals surface area contributed by atoms with Crippen LogP contribution in [0.4, 0.5) is 11.5 Å². The van der Waals surface area contributed by atoms with E-state index in [-0.39, 0.29) is 11.9 Å². The largest absolute Gasteiger partial charge is 0.399 e. The molecule has 1 amide bonds. The second kappa shape index (κ2) is 5.12. The Morgan fingerprint density at radius 2 is 2.10 bits per heavy atom. The summed E-state index contributed by atoms with van der Waals surface area (Å²) in [5.74, 6) is 0.753. The third-order valence-electron chi connectivity index (χ3n) is 3.76. The number of fused-ring (bicyclic) bond motifs is 1. The highest BCUT2D eigenvalue weighted by molar-refractivity contribution is 5.98. The third kappa shape index (κ3) is 2.33. The van der Waals surface area contributed by atoms with Gasteiger partial charge < -0.3 is 16.0 Å². The predicted molar refractivity (Wildman–Crippen MR) is 82.3 cm³/mol. The van der Waals surface area contributed by atoms with Gasteiger partial charge in [-0.15, -0.1) is 0 Å². The van der Waals surface area contributed by atoms with Crippen LogP contribution in [0.2, 0.25) is 0 Å². The van der Waals surface area contributed by atoms with Gasteiger partial charge in [-0.05, 0) is 24.1 Å². The monoisotopic (exact) mass is 285 g/mol. The van der Waals surface area contributed by atoms with Crippen LogP contribution in [0.1, 0.15) is 28.4 Å². The number of nitrogens with zero attached hydrogens (tertiary/aromatic N) is 3. The zero-order valence-electron chi connectivity index (χ0n) is 12.2. The number of benzene rings is 1. The number of hydrogen-bond acceptors (Lipinski definition) is 4. The predicted octanol–water partition coefficient (Wildman–Crippen LogP) is 1.57. The van der Waals surface area contributed by atoms with Crippen LogP contribution < -0.4 is 11.1 Å². The summed E-state index contributed by atoms with van der Waals surface area (Å²) in [5, 5.41) is 7.70. The number of amides is 1. The summed E-state index contributed by atoms with van der Waals surface area (Å²) in [6, 6.07) is 7.96. The summed E-state index contributed by atoms with van der Waals surface area (Å²) in [4.78, 5) is 13.7. The highest BCUT2D eigenvalue weighted by Crippen LogP contribution is 2.31. The Morgan fingerprint density at radius 1 is 1.38 bits per heavy atom. The van der Waals surface area contributed by atoms with Gasteiger partial charge in [-0.3, -0.25) is 4.79 Å². The van der Waals surface area contributed by atoms with Gasteiger partial charge in [-0.25, -0.2) is 4.68 Å². The highest BCUT2D eigenvalue weighted by Gasteiger charge is 2.27. The molecule has 3 rings (SSSR count). The van der Waals surface area contributed by atoms with Gasteiger partial charge in [-0.1, -0.05) is 12.1 Å². The topological polar surface area (TPSA) is 76.2 Å². The highest BCUT2D eigenvalue weighted by atomic mass is 16.2. The molecule has 2 heterocycles. The van der Waals surface area contributed by atoms with Crippen LogP contribution >= 0.6 is 0 Å². The van der Waals surface area contributed by atoms with Gasteiger partial charge in [0, 0.05) is 26.3 Å². The van der Waals surface area contributed by atoms with Gasteiger partial charge in [0.15, 0.2) is 0 Å². The molecule has 0 fully saturated rings. The Kier molecular flexibility index (Phi) is 3.29. The lowest BCUT2D eigenvalue weighted by atomic mass is 10.0. The number of rotatable bonds is 2. The van der Waals surface area contributed by atoms with Gasteiger partial charge in [0.1, 0.15) is 11.4 Å². The maximum atomic E-state index is 12.2. The molecule has 0 saturated carbocycles. The smallest absolute Gasteiger partial charge is 0.258 e. The number of carbonyl (C=O) groups is 1. The third-order valence-corrected chi connectivity index (χ3v) is 3.76. The van der Waals surface area contributed by atoms with Gasteiger partial charge in [0.25, 0.3) is 5.91 Å². The molecule has 0 spiro atoms. The normalized spacial score (nSPS) is 17.0. The molecule has 1 unspecified atom stereocenters. The van der Waals surface area contributed by atoms with Gasteiger partial charge >= 0.3 is 0 Å². The molecule has 0 saturated heterocycles. The van der Waals surface area contributed by atoms with E-state index in [0.29, 0.717) is 5.56 Å². The number of carbonyl (C=O) groups excluding carboxylic acids is 1. The number of nitrogens with one attached hydrogen (secondary N) is 1. The molecule has 1 aromatic heterocycles. The summed E-state index contributed by atoms with van der Waals surface area (Å²) in [6.45, 7) is 0.814. The Balaban J connectivity index is 1.99. The molecule has 3 N–H and O–H groups in total. The van der Waals surface area contributed by atoms with Crippen LogP contribution in [-0.2, 0) is 0 Å². The number of aromatic nitrogens is 2. The summed E-state index contributed by atoms with van der Waals surface area (Å²) >= 11 is 0. The van der Waals surface area contributed by atoms with Crippen LogP contribution in [-0.4, -0.2) is 41.2 Å². The first-order valence-corrected chi connectivity index (χ1v) is 6.96. The van der Waals surface area contributed by atoms with E-state index in [1.807, 2.05) is 28.9 Å². The molecule has 21 heavy (non-hydrogen) atoms. The van der Waals surface area contributed by atoms with Gasteiger partial charge in [-0.2, -0.15) is 5.10 Å². The lowest BCUT2D eigenvalue weighted by molar-refractivity contribution is 0.0828. The lowest BCUT2D eigenvalue weighted by Gasteiger charge is -2.27. The molecule has 1 atom stereocenters. The molecule has 0 bridgehead atoms. The fourth-order valence-electron chi connectivity index (χ4n) is 2.65. The molecular weight excluding hydrogens is 266 g/mol. The summed E-state index contributed by atoms with van der Waals surface area (Å²) in [7, 11) is 3.49. The van der Waals surface area contributed by atoms with Crippen molar-refractivity contribution in [3.63, 3.8) is 0 Å². The summed E-state index contributed by atoms with van der Waals surface area (Å²) in [5.41, 5.74) is 8.25. The Labute approximate surface area is 123 Å². The van der Waals surface area contributed by atoms with Crippen molar-refractivity contribution in [2.75, 3.05) is 31.7 Å². The van der Waals surface area contributed by atoms with Crippen molar-refractivity contribution in [2.45, 2.75) is 12.5 Å². The molecule has 1 aliphatic heterocycles.